The van der Waals surface area contributed by atoms with E-state index in [0.717, 1.165) is 13.0 Å². The number of fused-ring (bicyclic) bond motifs is 1. The minimum Gasteiger partial charge on any atom is -0.491 e. The van der Waals surface area contributed by atoms with Crippen molar-refractivity contribution >= 4 is 5.91 Å². The van der Waals surface area contributed by atoms with Crippen LogP contribution in [0.3, 0.4) is 0 Å². The lowest BCUT2D eigenvalue weighted by Crippen LogP contribution is -2.36. The van der Waals surface area contributed by atoms with E-state index in [2.05, 4.69) is 12.2 Å². The normalized spacial score (nSPS) is 16.8. The number of hydrogen-bond donors (Lipinski definition) is 1. The van der Waals surface area contributed by atoms with E-state index in [1.807, 2.05) is 36.2 Å². The Hall–Kier alpha value is -1.55. The van der Waals surface area contributed by atoms with Crippen molar-refractivity contribution in [2.45, 2.75) is 19.4 Å². The topological polar surface area (TPSA) is 41.6 Å². The summed E-state index contributed by atoms with van der Waals surface area (Å²) in [6.45, 7) is 4.10. The molecule has 1 amide bonds. The molecular weight excluding hydrogens is 228 g/mol. The molecule has 0 saturated heterocycles. The fourth-order valence-corrected chi connectivity index (χ4v) is 2.01. The van der Waals surface area contributed by atoms with Gasteiger partial charge in [-0.25, -0.2) is 0 Å². The van der Waals surface area contributed by atoms with Crippen LogP contribution in [0.25, 0.3) is 0 Å². The Morgan fingerprint density at radius 1 is 1.44 bits per heavy atom. The molecule has 1 aliphatic rings. The van der Waals surface area contributed by atoms with Gasteiger partial charge in [0.15, 0.2) is 0 Å². The summed E-state index contributed by atoms with van der Waals surface area (Å²) in [4.78, 5) is 14.2. The molecule has 1 N–H and O–H groups in total. The van der Waals surface area contributed by atoms with E-state index in [1.165, 1.54) is 0 Å². The van der Waals surface area contributed by atoms with Crippen molar-refractivity contribution in [3.05, 3.63) is 29.8 Å². The quantitative estimate of drug-likeness (QED) is 0.878. The van der Waals surface area contributed by atoms with E-state index in [-0.39, 0.29) is 5.91 Å². The Bertz CT molecular complexity index is 420. The number of benzene rings is 1. The number of nitrogens with one attached hydrogen (secondary N) is 1. The summed E-state index contributed by atoms with van der Waals surface area (Å²) in [6, 6.07) is 7.87. The molecule has 1 atom stereocenters. The highest BCUT2D eigenvalue weighted by molar-refractivity contribution is 5.97. The van der Waals surface area contributed by atoms with E-state index in [0.29, 0.717) is 30.5 Å². The average Bonchev–Trinajstić information content (AvgIpc) is 2.56. The van der Waals surface area contributed by atoms with Crippen LogP contribution in [0.5, 0.6) is 5.75 Å². The van der Waals surface area contributed by atoms with Crippen molar-refractivity contribution in [3.8, 4) is 5.75 Å². The minimum atomic E-state index is 0.0754. The van der Waals surface area contributed by atoms with E-state index in [9.17, 15) is 4.79 Å². The van der Waals surface area contributed by atoms with E-state index >= 15 is 0 Å². The van der Waals surface area contributed by atoms with Gasteiger partial charge in [-0.2, -0.15) is 0 Å². The molecule has 0 bridgehead atoms. The molecule has 2 rings (SSSR count). The third-order valence-corrected chi connectivity index (χ3v) is 3.35. The second kappa shape index (κ2) is 5.87. The summed E-state index contributed by atoms with van der Waals surface area (Å²) in [5.74, 6) is 0.776. The van der Waals surface area contributed by atoms with E-state index in [1.54, 1.807) is 0 Å². The number of hydrogen-bond acceptors (Lipinski definition) is 3. The first-order valence-electron chi connectivity index (χ1n) is 6.40. The summed E-state index contributed by atoms with van der Waals surface area (Å²) in [6.07, 6.45) is 0.949. The first-order valence-corrected chi connectivity index (χ1v) is 6.40. The molecule has 98 valence electrons. The molecule has 0 aliphatic carbocycles. The third kappa shape index (κ3) is 2.82. The largest absolute Gasteiger partial charge is 0.491 e. The summed E-state index contributed by atoms with van der Waals surface area (Å²) >= 11 is 0. The molecule has 1 aliphatic heterocycles. The van der Waals surface area contributed by atoms with Gasteiger partial charge in [-0.1, -0.05) is 12.1 Å². The highest BCUT2D eigenvalue weighted by atomic mass is 16.5. The minimum absolute atomic E-state index is 0.0754. The van der Waals surface area contributed by atoms with Crippen molar-refractivity contribution in [2.24, 2.45) is 0 Å². The van der Waals surface area contributed by atoms with Crippen LogP contribution < -0.4 is 10.1 Å². The molecule has 18 heavy (non-hydrogen) atoms. The maximum absolute atomic E-state index is 12.4. The van der Waals surface area contributed by atoms with Crippen LogP contribution in [0.1, 0.15) is 23.7 Å². The first-order chi connectivity index (χ1) is 8.72. The zero-order valence-electron chi connectivity index (χ0n) is 11.0. The number of amides is 1. The van der Waals surface area contributed by atoms with Crippen molar-refractivity contribution in [2.75, 3.05) is 26.7 Å². The molecule has 1 unspecified atom stereocenters. The van der Waals surface area contributed by atoms with Gasteiger partial charge in [-0.15, -0.1) is 0 Å². The lowest BCUT2D eigenvalue weighted by molar-refractivity contribution is 0.0750. The molecule has 0 saturated carbocycles. The Kier molecular flexibility index (Phi) is 4.20. The summed E-state index contributed by atoms with van der Waals surface area (Å²) in [5, 5.41) is 3.18. The monoisotopic (exact) mass is 248 g/mol. The van der Waals surface area contributed by atoms with Gasteiger partial charge in [0.25, 0.3) is 5.91 Å². The summed E-state index contributed by atoms with van der Waals surface area (Å²) < 4.78 is 5.60. The van der Waals surface area contributed by atoms with Crippen molar-refractivity contribution in [1.29, 1.82) is 0 Å². The Balaban J connectivity index is 2.08. The molecule has 1 aromatic carbocycles. The van der Waals surface area contributed by atoms with Gasteiger partial charge in [-0.05, 0) is 32.5 Å². The maximum atomic E-state index is 12.4. The Morgan fingerprint density at radius 2 is 2.22 bits per heavy atom. The molecule has 0 aromatic heterocycles. The van der Waals surface area contributed by atoms with E-state index in [4.69, 9.17) is 4.74 Å². The first kappa shape index (κ1) is 12.9. The van der Waals surface area contributed by atoms with Crippen LogP contribution in [0.4, 0.5) is 0 Å². The van der Waals surface area contributed by atoms with Gasteiger partial charge in [0.2, 0.25) is 0 Å². The van der Waals surface area contributed by atoms with Crippen LogP contribution in [-0.2, 0) is 0 Å². The zero-order valence-corrected chi connectivity index (χ0v) is 11.0. The average molecular weight is 248 g/mol. The lowest BCUT2D eigenvalue weighted by Gasteiger charge is -2.21. The van der Waals surface area contributed by atoms with Crippen molar-refractivity contribution in [3.63, 3.8) is 0 Å². The Morgan fingerprint density at radius 3 is 3.00 bits per heavy atom. The fraction of sp³-hybridized carbons (Fsp3) is 0.500. The van der Waals surface area contributed by atoms with Gasteiger partial charge in [-0.3, -0.25) is 4.79 Å². The number of ether oxygens (including phenoxy) is 1. The number of carbonyl (C=O) groups is 1. The standard InChI is InChI=1S/C14H20N2O2/c1-11(15-2)7-8-16-9-10-18-13-6-4-3-5-12(13)14(16)17/h3-6,11,15H,7-10H2,1-2H3. The second-order valence-electron chi connectivity index (χ2n) is 4.62. The third-order valence-electron chi connectivity index (χ3n) is 3.35. The SMILES string of the molecule is CNC(C)CCN1CCOc2ccccc2C1=O. The highest BCUT2D eigenvalue weighted by Crippen LogP contribution is 2.22. The lowest BCUT2D eigenvalue weighted by atomic mass is 10.1. The summed E-state index contributed by atoms with van der Waals surface area (Å²) in [7, 11) is 1.94. The van der Waals surface area contributed by atoms with Crippen LogP contribution in [0, 0.1) is 0 Å². The van der Waals surface area contributed by atoms with Crippen molar-refractivity contribution in [1.82, 2.24) is 10.2 Å². The van der Waals surface area contributed by atoms with Gasteiger partial charge in [0.05, 0.1) is 12.1 Å². The van der Waals surface area contributed by atoms with E-state index < -0.39 is 0 Å². The van der Waals surface area contributed by atoms with Gasteiger partial charge >= 0.3 is 0 Å². The molecule has 0 fully saturated rings. The molecule has 0 radical (unpaired) electrons. The van der Waals surface area contributed by atoms with Crippen LogP contribution in [0.15, 0.2) is 24.3 Å². The smallest absolute Gasteiger partial charge is 0.257 e. The zero-order chi connectivity index (χ0) is 13.0. The predicted octanol–water partition coefficient (Wildman–Crippen LogP) is 1.52. The molecule has 1 aromatic rings. The molecule has 1 heterocycles. The molecule has 0 spiro atoms. The summed E-state index contributed by atoms with van der Waals surface area (Å²) in [5.41, 5.74) is 0.673. The second-order valence-corrected chi connectivity index (χ2v) is 4.62. The highest BCUT2D eigenvalue weighted by Gasteiger charge is 2.22. The van der Waals surface area contributed by atoms with Gasteiger partial charge in [0, 0.05) is 12.6 Å². The number of para-hydroxylation sites is 1. The molecule has 4 nitrogen and oxygen atoms in total. The van der Waals surface area contributed by atoms with Gasteiger partial charge < -0.3 is 15.0 Å². The van der Waals surface area contributed by atoms with Crippen LogP contribution in [0.2, 0.25) is 0 Å². The molecular formula is C14H20N2O2. The number of rotatable bonds is 4. The van der Waals surface area contributed by atoms with Crippen molar-refractivity contribution < 1.29 is 9.53 Å². The fourth-order valence-electron chi connectivity index (χ4n) is 2.01. The van der Waals surface area contributed by atoms with Gasteiger partial charge in [0.1, 0.15) is 12.4 Å². The molecule has 4 heteroatoms. The van der Waals surface area contributed by atoms with Crippen LogP contribution in [-0.4, -0.2) is 43.6 Å². The number of nitrogens with zero attached hydrogens (tertiary/aromatic N) is 1. The van der Waals surface area contributed by atoms with Crippen LogP contribution >= 0.6 is 0 Å². The Labute approximate surface area is 108 Å². The predicted molar refractivity (Wildman–Crippen MR) is 71.0 cm³/mol. The maximum Gasteiger partial charge on any atom is 0.257 e. The number of carbonyl (C=O) groups excluding carboxylic acids is 1.